The van der Waals surface area contributed by atoms with Crippen LogP contribution >= 0.6 is 11.3 Å². The highest BCUT2D eigenvalue weighted by Gasteiger charge is 2.14. The van der Waals surface area contributed by atoms with E-state index in [1.807, 2.05) is 39.0 Å². The fraction of sp³-hybridized carbons (Fsp3) is 0.214. The van der Waals surface area contributed by atoms with E-state index in [0.29, 0.717) is 5.69 Å². The van der Waals surface area contributed by atoms with Crippen LogP contribution in [0.2, 0.25) is 0 Å². The Morgan fingerprint density at radius 1 is 1.30 bits per heavy atom. The van der Waals surface area contributed by atoms with Crippen molar-refractivity contribution in [2.45, 2.75) is 20.8 Å². The number of carbonyl (C=O) groups excluding carboxylic acids is 1. The Morgan fingerprint density at radius 3 is 2.85 bits per heavy atom. The molecule has 0 saturated heterocycles. The minimum absolute atomic E-state index is 0.214. The van der Waals surface area contributed by atoms with Crippen molar-refractivity contribution in [1.82, 2.24) is 14.6 Å². The van der Waals surface area contributed by atoms with E-state index in [1.165, 1.54) is 11.3 Å². The molecule has 5 nitrogen and oxygen atoms in total. The smallest absolute Gasteiger partial charge is 0.275 e. The van der Waals surface area contributed by atoms with Crippen molar-refractivity contribution in [1.29, 1.82) is 0 Å². The normalized spacial score (nSPS) is 10.9. The van der Waals surface area contributed by atoms with Gasteiger partial charge in [-0.2, -0.15) is 5.10 Å². The number of hydrogen-bond acceptors (Lipinski definition) is 4. The van der Waals surface area contributed by atoms with E-state index in [-0.39, 0.29) is 5.91 Å². The predicted octanol–water partition coefficient (Wildman–Crippen LogP) is 2.97. The Hall–Kier alpha value is -2.21. The topological polar surface area (TPSA) is 59.3 Å². The molecule has 0 saturated carbocycles. The van der Waals surface area contributed by atoms with Crippen molar-refractivity contribution in [3.8, 4) is 0 Å². The number of nitrogens with zero attached hydrogens (tertiary/aromatic N) is 3. The number of hydrogen-bond donors (Lipinski definition) is 1. The van der Waals surface area contributed by atoms with Gasteiger partial charge in [0.05, 0.1) is 6.20 Å². The molecular formula is C14H14N4OS. The average Bonchev–Trinajstić information content (AvgIpc) is 2.92. The molecule has 0 aliphatic carbocycles. The zero-order chi connectivity index (χ0) is 14.3. The second-order valence-corrected chi connectivity index (χ2v) is 5.84. The molecule has 0 spiro atoms. The van der Waals surface area contributed by atoms with Gasteiger partial charge in [0.1, 0.15) is 10.7 Å². The molecule has 0 unspecified atom stereocenters. The number of anilines is 1. The maximum atomic E-state index is 12.2. The Labute approximate surface area is 120 Å². The molecule has 3 rings (SSSR count). The first kappa shape index (κ1) is 12.8. The molecule has 102 valence electrons. The fourth-order valence-electron chi connectivity index (χ4n) is 1.98. The van der Waals surface area contributed by atoms with E-state index in [0.717, 1.165) is 26.8 Å². The third-order valence-electron chi connectivity index (χ3n) is 3.23. The number of aryl methyl sites for hydroxylation is 2. The first-order chi connectivity index (χ1) is 9.54. The van der Waals surface area contributed by atoms with Gasteiger partial charge in [-0.3, -0.25) is 4.79 Å². The van der Waals surface area contributed by atoms with E-state index in [1.54, 1.807) is 10.7 Å². The van der Waals surface area contributed by atoms with Crippen LogP contribution in [-0.2, 0) is 0 Å². The van der Waals surface area contributed by atoms with Gasteiger partial charge in [0, 0.05) is 5.69 Å². The van der Waals surface area contributed by atoms with Gasteiger partial charge in [0.2, 0.25) is 4.96 Å². The van der Waals surface area contributed by atoms with Crippen LogP contribution < -0.4 is 5.32 Å². The minimum atomic E-state index is -0.214. The second-order valence-electron chi connectivity index (χ2n) is 4.68. The van der Waals surface area contributed by atoms with Gasteiger partial charge in [-0.15, -0.1) is 0 Å². The number of aromatic nitrogens is 3. The van der Waals surface area contributed by atoms with E-state index in [4.69, 9.17) is 0 Å². The lowest BCUT2D eigenvalue weighted by atomic mass is 10.1. The number of nitrogens with one attached hydrogen (secondary N) is 1. The summed E-state index contributed by atoms with van der Waals surface area (Å²) in [5.74, 6) is -0.214. The van der Waals surface area contributed by atoms with Crippen LogP contribution in [0.1, 0.15) is 26.6 Å². The minimum Gasteiger partial charge on any atom is -0.320 e. The first-order valence-electron chi connectivity index (χ1n) is 6.25. The summed E-state index contributed by atoms with van der Waals surface area (Å²) >= 11 is 1.46. The van der Waals surface area contributed by atoms with Crippen molar-refractivity contribution in [3.63, 3.8) is 0 Å². The molecule has 0 fully saturated rings. The molecule has 0 bridgehead atoms. The van der Waals surface area contributed by atoms with Crippen LogP contribution in [0.5, 0.6) is 0 Å². The largest absolute Gasteiger partial charge is 0.320 e. The van der Waals surface area contributed by atoms with Crippen molar-refractivity contribution >= 4 is 27.9 Å². The third kappa shape index (κ3) is 2.18. The van der Waals surface area contributed by atoms with Gasteiger partial charge in [-0.05, 0) is 38.0 Å². The molecule has 2 heterocycles. The molecule has 1 amide bonds. The fourth-order valence-corrected chi connectivity index (χ4v) is 2.71. The van der Waals surface area contributed by atoms with Crippen LogP contribution in [0, 0.1) is 20.8 Å². The monoisotopic (exact) mass is 286 g/mol. The van der Waals surface area contributed by atoms with Crippen LogP contribution in [-0.4, -0.2) is 20.5 Å². The van der Waals surface area contributed by atoms with Gasteiger partial charge in [0.15, 0.2) is 0 Å². The molecule has 20 heavy (non-hydrogen) atoms. The summed E-state index contributed by atoms with van der Waals surface area (Å²) < 4.78 is 1.64. The maximum absolute atomic E-state index is 12.2. The lowest BCUT2D eigenvalue weighted by molar-refractivity contribution is 0.102. The van der Waals surface area contributed by atoms with Gasteiger partial charge in [-0.1, -0.05) is 23.5 Å². The molecule has 2 aromatic heterocycles. The molecule has 3 aromatic rings. The first-order valence-corrected chi connectivity index (χ1v) is 7.06. The lowest BCUT2D eigenvalue weighted by Gasteiger charge is -2.08. The van der Waals surface area contributed by atoms with Crippen LogP contribution in [0.3, 0.4) is 0 Å². The average molecular weight is 286 g/mol. The number of fused-ring (bicyclic) bond motifs is 1. The number of imidazole rings is 1. The molecule has 0 atom stereocenters. The van der Waals surface area contributed by atoms with E-state index in [9.17, 15) is 4.79 Å². The molecule has 0 aliphatic rings. The lowest BCUT2D eigenvalue weighted by Crippen LogP contribution is -2.13. The predicted molar refractivity (Wildman–Crippen MR) is 79.5 cm³/mol. The summed E-state index contributed by atoms with van der Waals surface area (Å²) in [5.41, 5.74) is 3.40. The highest BCUT2D eigenvalue weighted by Crippen LogP contribution is 2.19. The van der Waals surface area contributed by atoms with Crippen LogP contribution in [0.15, 0.2) is 24.4 Å². The highest BCUT2D eigenvalue weighted by molar-refractivity contribution is 7.16. The van der Waals surface area contributed by atoms with Crippen molar-refractivity contribution in [2.75, 3.05) is 5.32 Å². The Morgan fingerprint density at radius 2 is 2.10 bits per heavy atom. The summed E-state index contributed by atoms with van der Waals surface area (Å²) in [6.45, 7) is 5.92. The quantitative estimate of drug-likeness (QED) is 0.788. The van der Waals surface area contributed by atoms with Crippen molar-refractivity contribution < 1.29 is 4.79 Å². The van der Waals surface area contributed by atoms with E-state index >= 15 is 0 Å². The molecule has 1 aromatic carbocycles. The Balaban J connectivity index is 1.88. The highest BCUT2D eigenvalue weighted by atomic mass is 32.1. The molecule has 0 radical (unpaired) electrons. The zero-order valence-corrected chi connectivity index (χ0v) is 12.3. The van der Waals surface area contributed by atoms with Gasteiger partial charge in [-0.25, -0.2) is 9.50 Å². The summed E-state index contributed by atoms with van der Waals surface area (Å²) in [7, 11) is 0. The third-order valence-corrected chi connectivity index (χ3v) is 4.07. The standard InChI is InChI=1S/C14H14N4OS/c1-8-5-4-6-11(9(8)2)15-13(19)12-7-18-14(16-12)20-10(3)17-18/h4-7H,1-3H3,(H,15,19). The molecular weight excluding hydrogens is 272 g/mol. The Bertz CT molecular complexity index is 771. The number of carbonyl (C=O) groups is 1. The summed E-state index contributed by atoms with van der Waals surface area (Å²) in [6, 6.07) is 5.83. The zero-order valence-electron chi connectivity index (χ0n) is 11.5. The number of amides is 1. The summed E-state index contributed by atoms with van der Waals surface area (Å²) in [6.07, 6.45) is 1.65. The van der Waals surface area contributed by atoms with Crippen molar-refractivity contribution in [2.24, 2.45) is 0 Å². The van der Waals surface area contributed by atoms with Crippen LogP contribution in [0.25, 0.3) is 4.96 Å². The van der Waals surface area contributed by atoms with Crippen LogP contribution in [0.4, 0.5) is 5.69 Å². The molecule has 1 N–H and O–H groups in total. The van der Waals surface area contributed by atoms with E-state index in [2.05, 4.69) is 15.4 Å². The Kier molecular flexibility index (Phi) is 3.02. The summed E-state index contributed by atoms with van der Waals surface area (Å²) in [5, 5.41) is 8.07. The summed E-state index contributed by atoms with van der Waals surface area (Å²) in [4.78, 5) is 17.2. The second kappa shape index (κ2) is 4.72. The van der Waals surface area contributed by atoms with Crippen molar-refractivity contribution in [3.05, 3.63) is 46.2 Å². The number of benzene rings is 1. The van der Waals surface area contributed by atoms with Gasteiger partial charge >= 0.3 is 0 Å². The van der Waals surface area contributed by atoms with E-state index < -0.39 is 0 Å². The molecule has 6 heteroatoms. The molecule has 0 aliphatic heterocycles. The SMILES string of the molecule is Cc1nn2cc(C(=O)Nc3cccc(C)c3C)nc2s1. The van der Waals surface area contributed by atoms with Gasteiger partial charge < -0.3 is 5.32 Å². The maximum Gasteiger partial charge on any atom is 0.275 e. The van der Waals surface area contributed by atoms with Gasteiger partial charge in [0.25, 0.3) is 5.91 Å². The number of rotatable bonds is 2.